The molecule has 0 spiro atoms. The van der Waals surface area contributed by atoms with Crippen LogP contribution in [-0.2, 0) is 0 Å². The fraction of sp³-hybridized carbons (Fsp3) is 0.0286. The van der Waals surface area contributed by atoms with E-state index in [9.17, 15) is 0 Å². The van der Waals surface area contributed by atoms with Crippen molar-refractivity contribution < 1.29 is 0 Å². The molecule has 0 saturated carbocycles. The number of para-hydroxylation sites is 2. The number of nitrogens with zero attached hydrogens (tertiary/aromatic N) is 2. The number of hydrogen-bond donors (Lipinski definition) is 0. The lowest BCUT2D eigenvalue weighted by Crippen LogP contribution is -2.10. The Labute approximate surface area is 421 Å². The molecule has 0 fully saturated rings. The van der Waals surface area contributed by atoms with Gasteiger partial charge in [-0.25, -0.2) is 0 Å². The lowest BCUT2D eigenvalue weighted by molar-refractivity contribution is 1.04. The Morgan fingerprint density at radius 3 is 1.47 bits per heavy atom. The number of fused-ring (bicyclic) bond motifs is 4. The van der Waals surface area contributed by atoms with E-state index in [1.165, 1.54) is 93.8 Å². The van der Waals surface area contributed by atoms with Crippen LogP contribution in [0.2, 0.25) is 0 Å². The van der Waals surface area contributed by atoms with Crippen molar-refractivity contribution in [2.45, 2.75) is 12.8 Å². The van der Waals surface area contributed by atoms with E-state index in [-0.39, 0.29) is 0 Å². The fourth-order valence-corrected chi connectivity index (χ4v) is 11.0. The van der Waals surface area contributed by atoms with E-state index in [1.807, 2.05) is 0 Å². The highest BCUT2D eigenvalue weighted by molar-refractivity contribution is 6.20. The molecule has 0 bridgehead atoms. The van der Waals surface area contributed by atoms with Gasteiger partial charge in [0, 0.05) is 39.0 Å². The third kappa shape index (κ3) is 7.80. The molecule has 1 heterocycles. The second-order valence-corrected chi connectivity index (χ2v) is 18.7. The Balaban J connectivity index is 0.886. The van der Waals surface area contributed by atoms with Crippen molar-refractivity contribution in [3.05, 3.63) is 285 Å². The van der Waals surface area contributed by atoms with Gasteiger partial charge in [-0.2, -0.15) is 0 Å². The molecule has 13 rings (SSSR count). The maximum atomic E-state index is 2.52. The van der Waals surface area contributed by atoms with Crippen molar-refractivity contribution in [3.63, 3.8) is 0 Å². The summed E-state index contributed by atoms with van der Waals surface area (Å²) in [5, 5.41) is 4.96. The first-order valence-corrected chi connectivity index (χ1v) is 25.1. The van der Waals surface area contributed by atoms with Crippen LogP contribution in [0, 0.1) is 0 Å². The molecule has 0 saturated heterocycles. The minimum absolute atomic E-state index is 1.09. The van der Waals surface area contributed by atoms with Gasteiger partial charge >= 0.3 is 0 Å². The van der Waals surface area contributed by atoms with E-state index in [1.54, 1.807) is 0 Å². The minimum atomic E-state index is 1.09. The van der Waals surface area contributed by atoms with Crippen molar-refractivity contribution in [3.8, 4) is 61.3 Å². The van der Waals surface area contributed by atoms with E-state index < -0.39 is 0 Å². The monoisotopic (exact) mass is 918 g/mol. The van der Waals surface area contributed by atoms with Crippen LogP contribution in [0.4, 0.5) is 17.1 Å². The maximum absolute atomic E-state index is 2.52. The Hall–Kier alpha value is -9.24. The Morgan fingerprint density at radius 2 is 0.792 bits per heavy atom. The van der Waals surface area contributed by atoms with Gasteiger partial charge in [-0.05, 0) is 128 Å². The molecule has 2 heteroatoms. The molecule has 0 unspecified atom stereocenters. The first-order chi connectivity index (χ1) is 35.7. The van der Waals surface area contributed by atoms with Crippen molar-refractivity contribution >= 4 is 55.2 Å². The molecule has 0 aliphatic heterocycles. The van der Waals surface area contributed by atoms with Crippen molar-refractivity contribution in [2.75, 3.05) is 4.90 Å². The molecular weight excluding hydrogens is 869 g/mol. The molecule has 1 aromatic heterocycles. The lowest BCUT2D eigenvalue weighted by atomic mass is 9.95. The fourth-order valence-electron chi connectivity index (χ4n) is 11.0. The summed E-state index contributed by atoms with van der Waals surface area (Å²) in [5.74, 6) is 0. The molecule has 12 aromatic rings. The van der Waals surface area contributed by atoms with Crippen LogP contribution in [0.3, 0.4) is 0 Å². The van der Waals surface area contributed by atoms with Crippen LogP contribution in [0.5, 0.6) is 0 Å². The molecule has 0 amide bonds. The van der Waals surface area contributed by atoms with Gasteiger partial charge in [0.15, 0.2) is 0 Å². The Kier molecular flexibility index (Phi) is 11.1. The summed E-state index contributed by atoms with van der Waals surface area (Å²) in [6.07, 6.45) is 9.06. The van der Waals surface area contributed by atoms with Gasteiger partial charge in [0.1, 0.15) is 0 Å². The summed E-state index contributed by atoms with van der Waals surface area (Å²) in [6, 6.07) is 95.4. The zero-order valence-corrected chi connectivity index (χ0v) is 39.9. The van der Waals surface area contributed by atoms with Gasteiger partial charge < -0.3 is 9.47 Å². The smallest absolute Gasteiger partial charge is 0.0620 e. The first kappa shape index (κ1) is 42.8. The maximum Gasteiger partial charge on any atom is 0.0620 e. The predicted octanol–water partition coefficient (Wildman–Crippen LogP) is 19.5. The molecule has 11 aromatic carbocycles. The minimum Gasteiger partial charge on any atom is -0.311 e. The molecule has 340 valence electrons. The van der Waals surface area contributed by atoms with Crippen LogP contribution in [0.15, 0.2) is 279 Å². The third-order valence-electron chi connectivity index (χ3n) is 14.5. The highest BCUT2D eigenvalue weighted by Crippen LogP contribution is 2.45. The van der Waals surface area contributed by atoms with E-state index in [0.717, 1.165) is 41.2 Å². The van der Waals surface area contributed by atoms with Crippen molar-refractivity contribution in [1.82, 2.24) is 4.57 Å². The topological polar surface area (TPSA) is 8.17 Å². The highest BCUT2D eigenvalue weighted by Gasteiger charge is 2.22. The number of rotatable bonds is 10. The second kappa shape index (κ2) is 18.6. The number of allylic oxidation sites excluding steroid dienone is 4. The standard InChI is InChI=1S/C70H50N2/c1-4-17-49(18-5-1)52-37-43-58(44-38-52)71(59-45-39-53(40-46-59)50-19-6-2-7-20-50)60-47-41-54(42-48-60)51-33-35-57(36-34-51)62-26-12-13-31-67(62)72-68-32-16-27-63(56-21-8-3-9-22-56)69(68)66-30-15-29-65(70(66)72)64-28-14-24-55-23-10-11-25-61(55)64/h1,3-6,8-48H,2,7H2. The van der Waals surface area contributed by atoms with Gasteiger partial charge in [0.25, 0.3) is 0 Å². The van der Waals surface area contributed by atoms with Crippen LogP contribution >= 0.6 is 0 Å². The SMILES string of the molecule is C1=CC(c2ccc(N(c3ccc(-c4ccccc4)cc3)c3ccc(-c4ccc(-c5ccccc5-n5c6cccc(-c7ccccc7)c6c6cccc(-c7cccc8ccccc78)c65)cc4)cc3)cc2)=CCC1. The van der Waals surface area contributed by atoms with Crippen LogP contribution in [0.1, 0.15) is 18.4 Å². The summed E-state index contributed by atoms with van der Waals surface area (Å²) in [4.78, 5) is 2.36. The molecule has 72 heavy (non-hydrogen) atoms. The summed E-state index contributed by atoms with van der Waals surface area (Å²) in [6.45, 7) is 0. The molecule has 1 aliphatic rings. The van der Waals surface area contributed by atoms with E-state index in [4.69, 9.17) is 0 Å². The highest BCUT2D eigenvalue weighted by atomic mass is 15.1. The van der Waals surface area contributed by atoms with Crippen LogP contribution in [-0.4, -0.2) is 4.57 Å². The Bertz CT molecular complexity index is 3970. The number of benzene rings is 11. The largest absolute Gasteiger partial charge is 0.311 e. The van der Waals surface area contributed by atoms with Crippen LogP contribution < -0.4 is 4.90 Å². The lowest BCUT2D eigenvalue weighted by Gasteiger charge is -2.26. The van der Waals surface area contributed by atoms with Gasteiger partial charge in [0.05, 0.1) is 16.7 Å². The quantitative estimate of drug-likeness (QED) is 0.133. The zero-order valence-electron chi connectivity index (χ0n) is 39.9. The zero-order chi connectivity index (χ0) is 47.8. The van der Waals surface area contributed by atoms with Crippen LogP contribution in [0.25, 0.3) is 99.5 Å². The summed E-state index contributed by atoms with van der Waals surface area (Å²) in [7, 11) is 0. The van der Waals surface area contributed by atoms with Crippen molar-refractivity contribution in [2.24, 2.45) is 0 Å². The average molecular weight is 919 g/mol. The summed E-state index contributed by atoms with van der Waals surface area (Å²) in [5.41, 5.74) is 21.3. The third-order valence-corrected chi connectivity index (χ3v) is 14.5. The summed E-state index contributed by atoms with van der Waals surface area (Å²) < 4.78 is 2.52. The van der Waals surface area contributed by atoms with E-state index >= 15 is 0 Å². The van der Waals surface area contributed by atoms with E-state index in [2.05, 4.69) is 289 Å². The molecular formula is C70H50N2. The number of anilines is 3. The first-order valence-electron chi connectivity index (χ1n) is 25.1. The van der Waals surface area contributed by atoms with Gasteiger partial charge in [-0.1, -0.05) is 231 Å². The summed E-state index contributed by atoms with van der Waals surface area (Å²) >= 11 is 0. The van der Waals surface area contributed by atoms with Gasteiger partial charge in [-0.3, -0.25) is 0 Å². The average Bonchev–Trinajstić information content (AvgIpc) is 3.81. The second-order valence-electron chi connectivity index (χ2n) is 18.7. The van der Waals surface area contributed by atoms with Crippen molar-refractivity contribution in [1.29, 1.82) is 0 Å². The number of aromatic nitrogens is 1. The molecule has 1 aliphatic carbocycles. The molecule has 0 atom stereocenters. The Morgan fingerprint density at radius 1 is 0.319 bits per heavy atom. The predicted molar refractivity (Wildman–Crippen MR) is 307 cm³/mol. The van der Waals surface area contributed by atoms with E-state index in [0.29, 0.717) is 0 Å². The normalized spacial score (nSPS) is 12.4. The van der Waals surface area contributed by atoms with Gasteiger partial charge in [0.2, 0.25) is 0 Å². The molecule has 0 radical (unpaired) electrons. The number of hydrogen-bond acceptors (Lipinski definition) is 1. The molecule has 0 N–H and O–H groups in total. The van der Waals surface area contributed by atoms with Gasteiger partial charge in [-0.15, -0.1) is 0 Å². The molecule has 2 nitrogen and oxygen atoms in total.